The number of anilines is 1. The van der Waals surface area contributed by atoms with Crippen molar-refractivity contribution < 1.29 is 19.1 Å². The number of fused-ring (bicyclic) bond motifs is 5. The van der Waals surface area contributed by atoms with E-state index in [-0.39, 0.29) is 35.7 Å². The third-order valence-corrected chi connectivity index (χ3v) is 8.51. The molecule has 0 spiro atoms. The quantitative estimate of drug-likeness (QED) is 0.513. The van der Waals surface area contributed by atoms with Crippen LogP contribution < -0.4 is 4.90 Å². The number of benzene rings is 1. The smallest absolute Gasteiger partial charge is 0.338 e. The Labute approximate surface area is 184 Å². The van der Waals surface area contributed by atoms with Crippen LogP contribution >= 0.6 is 0 Å². The Balaban J connectivity index is 1.29. The van der Waals surface area contributed by atoms with Gasteiger partial charge in [-0.2, -0.15) is 0 Å². The molecule has 1 heterocycles. The minimum Gasteiger partial charge on any atom is -0.458 e. The van der Waals surface area contributed by atoms with Crippen molar-refractivity contribution in [2.45, 2.75) is 65.4 Å². The zero-order valence-corrected chi connectivity index (χ0v) is 18.8. The molecule has 4 aliphatic rings. The highest BCUT2D eigenvalue weighted by atomic mass is 16.5. The molecule has 5 rings (SSSR count). The molecule has 2 amide bonds. The van der Waals surface area contributed by atoms with Crippen molar-refractivity contribution in [2.24, 2.45) is 41.4 Å². The third-order valence-electron chi connectivity index (χ3n) is 8.51. The molecule has 3 aliphatic carbocycles. The van der Waals surface area contributed by atoms with Crippen LogP contribution in [0.25, 0.3) is 0 Å². The Morgan fingerprint density at radius 3 is 2.13 bits per heavy atom. The number of hydrogen-bond donors (Lipinski definition) is 0. The number of carbonyl (C=O) groups is 3. The highest BCUT2D eigenvalue weighted by Crippen LogP contribution is 2.56. The fourth-order valence-corrected chi connectivity index (χ4v) is 6.87. The van der Waals surface area contributed by atoms with Crippen LogP contribution in [0.1, 0.15) is 69.7 Å². The third kappa shape index (κ3) is 3.41. The first kappa shape index (κ1) is 20.7. The molecule has 1 saturated heterocycles. The lowest BCUT2D eigenvalue weighted by molar-refractivity contribution is -0.123. The van der Waals surface area contributed by atoms with E-state index in [0.717, 1.165) is 32.1 Å². The van der Waals surface area contributed by atoms with Gasteiger partial charge in [-0.25, -0.2) is 4.79 Å². The molecule has 3 saturated carbocycles. The van der Waals surface area contributed by atoms with Crippen LogP contribution in [0.4, 0.5) is 5.69 Å². The molecule has 5 nitrogen and oxygen atoms in total. The normalized spacial score (nSPS) is 36.9. The highest BCUT2D eigenvalue weighted by molar-refractivity contribution is 6.22. The summed E-state index contributed by atoms with van der Waals surface area (Å²) in [5.74, 6) is 1.53. The van der Waals surface area contributed by atoms with Gasteiger partial charge in [0.15, 0.2) is 0 Å². The number of nitrogens with zero attached hydrogens (tertiary/aromatic N) is 1. The molecular formula is C26H33NO4. The van der Waals surface area contributed by atoms with Gasteiger partial charge >= 0.3 is 5.97 Å². The van der Waals surface area contributed by atoms with Crippen molar-refractivity contribution in [1.29, 1.82) is 0 Å². The minimum atomic E-state index is -0.315. The summed E-state index contributed by atoms with van der Waals surface area (Å²) < 4.78 is 5.94. The number of amides is 2. The zero-order chi connectivity index (χ0) is 21.9. The lowest BCUT2D eigenvalue weighted by Gasteiger charge is -2.36. The van der Waals surface area contributed by atoms with Crippen molar-refractivity contribution in [3.05, 3.63) is 29.8 Å². The number of carbonyl (C=O) groups excluding carboxylic acids is 3. The second kappa shape index (κ2) is 7.75. The van der Waals surface area contributed by atoms with E-state index in [9.17, 15) is 14.4 Å². The van der Waals surface area contributed by atoms with Crippen molar-refractivity contribution in [1.82, 2.24) is 0 Å². The fourth-order valence-electron chi connectivity index (χ4n) is 6.87. The molecule has 0 radical (unpaired) electrons. The van der Waals surface area contributed by atoms with Gasteiger partial charge in [0.2, 0.25) is 11.8 Å². The molecular weight excluding hydrogens is 390 g/mol. The largest absolute Gasteiger partial charge is 0.458 e. The predicted molar refractivity (Wildman–Crippen MR) is 117 cm³/mol. The first-order valence-electron chi connectivity index (χ1n) is 12.0. The molecule has 31 heavy (non-hydrogen) atoms. The van der Waals surface area contributed by atoms with Gasteiger partial charge in [-0.15, -0.1) is 0 Å². The maximum absolute atomic E-state index is 13.0. The number of ether oxygens (including phenoxy) is 1. The molecule has 0 unspecified atom stereocenters. The van der Waals surface area contributed by atoms with Crippen molar-refractivity contribution in [3.63, 3.8) is 0 Å². The van der Waals surface area contributed by atoms with Crippen LogP contribution in [0.5, 0.6) is 0 Å². The van der Waals surface area contributed by atoms with E-state index >= 15 is 0 Å². The fraction of sp³-hybridized carbons (Fsp3) is 0.654. The van der Waals surface area contributed by atoms with Gasteiger partial charge in [0.25, 0.3) is 0 Å². The Hall–Kier alpha value is -2.17. The summed E-state index contributed by atoms with van der Waals surface area (Å²) in [5.41, 5.74) is 1.05. The molecule has 5 heteroatoms. The van der Waals surface area contributed by atoms with E-state index in [1.54, 1.807) is 24.3 Å². The second-order valence-corrected chi connectivity index (χ2v) is 10.7. The Bertz CT molecular complexity index is 863. The molecule has 0 aromatic heterocycles. The SMILES string of the molecule is CC(C)[C@H]1CC[C@H](C)C[C@H]1OC(=O)c1ccc(N2C(=O)[C@@H]3[C@H]4CC[C@@H](C4)[C@@H]3C2=O)cc1. The lowest BCUT2D eigenvalue weighted by atomic mass is 9.75. The topological polar surface area (TPSA) is 63.7 Å². The average Bonchev–Trinajstić information content (AvgIpc) is 3.42. The highest BCUT2D eigenvalue weighted by Gasteiger charge is 2.61. The minimum absolute atomic E-state index is 0.0477. The molecule has 1 aliphatic heterocycles. The summed E-state index contributed by atoms with van der Waals surface area (Å²) in [6.07, 6.45) is 6.32. The molecule has 7 atom stereocenters. The standard InChI is InChI=1S/C26H33NO4/c1-14(2)20-11-4-15(3)12-21(20)31-26(30)16-7-9-19(10-8-16)27-24(28)22-17-5-6-18(13-17)23(22)25(27)29/h7-10,14-15,17-18,20-23H,4-6,11-13H2,1-3H3/t15-,17-,18-,20+,21+,22-,23+/m0/s1. The van der Waals surface area contributed by atoms with Gasteiger partial charge < -0.3 is 4.74 Å². The van der Waals surface area contributed by atoms with Gasteiger partial charge in [-0.3, -0.25) is 14.5 Å². The molecule has 4 fully saturated rings. The summed E-state index contributed by atoms with van der Waals surface area (Å²) in [6.45, 7) is 6.61. The van der Waals surface area contributed by atoms with E-state index < -0.39 is 0 Å². The summed E-state index contributed by atoms with van der Waals surface area (Å²) in [5, 5.41) is 0. The van der Waals surface area contributed by atoms with Crippen molar-refractivity contribution in [2.75, 3.05) is 4.90 Å². The lowest BCUT2D eigenvalue weighted by Crippen LogP contribution is -2.36. The van der Waals surface area contributed by atoms with Crippen LogP contribution in [0, 0.1) is 41.4 Å². The van der Waals surface area contributed by atoms with Gasteiger partial charge in [-0.05, 0) is 86.0 Å². The van der Waals surface area contributed by atoms with Crippen LogP contribution in [-0.2, 0) is 14.3 Å². The van der Waals surface area contributed by atoms with Crippen LogP contribution in [0.3, 0.4) is 0 Å². The van der Waals surface area contributed by atoms with E-state index in [4.69, 9.17) is 4.74 Å². The van der Waals surface area contributed by atoms with Crippen LogP contribution in [0.15, 0.2) is 24.3 Å². The maximum atomic E-state index is 13.0. The van der Waals surface area contributed by atoms with Crippen molar-refractivity contribution in [3.8, 4) is 0 Å². The molecule has 0 N–H and O–H groups in total. The second-order valence-electron chi connectivity index (χ2n) is 10.7. The van der Waals surface area contributed by atoms with Gasteiger partial charge in [-0.1, -0.05) is 27.2 Å². The van der Waals surface area contributed by atoms with Gasteiger partial charge in [0, 0.05) is 0 Å². The van der Waals surface area contributed by atoms with Crippen LogP contribution in [-0.4, -0.2) is 23.9 Å². The first-order valence-corrected chi connectivity index (χ1v) is 12.0. The maximum Gasteiger partial charge on any atom is 0.338 e. The summed E-state index contributed by atoms with van der Waals surface area (Å²) in [6, 6.07) is 6.83. The summed E-state index contributed by atoms with van der Waals surface area (Å²) in [7, 11) is 0. The Morgan fingerprint density at radius 2 is 1.55 bits per heavy atom. The molecule has 1 aromatic carbocycles. The Morgan fingerprint density at radius 1 is 0.935 bits per heavy atom. The molecule has 166 valence electrons. The molecule has 2 bridgehead atoms. The number of hydrogen-bond acceptors (Lipinski definition) is 4. The molecule has 1 aromatic rings. The summed E-state index contributed by atoms with van der Waals surface area (Å²) >= 11 is 0. The van der Waals surface area contributed by atoms with E-state index in [1.165, 1.54) is 11.3 Å². The predicted octanol–water partition coefficient (Wildman–Crippen LogP) is 4.84. The average molecular weight is 424 g/mol. The van der Waals surface area contributed by atoms with Gasteiger partial charge in [0.1, 0.15) is 6.10 Å². The number of rotatable bonds is 4. The summed E-state index contributed by atoms with van der Waals surface area (Å²) in [4.78, 5) is 40.2. The Kier molecular flexibility index (Phi) is 5.18. The number of imide groups is 1. The van der Waals surface area contributed by atoms with Crippen molar-refractivity contribution >= 4 is 23.5 Å². The van der Waals surface area contributed by atoms with E-state index in [1.807, 2.05) is 0 Å². The van der Waals surface area contributed by atoms with Gasteiger partial charge in [0.05, 0.1) is 23.1 Å². The van der Waals surface area contributed by atoms with Crippen LogP contribution in [0.2, 0.25) is 0 Å². The monoisotopic (exact) mass is 423 g/mol. The van der Waals surface area contributed by atoms with E-state index in [2.05, 4.69) is 20.8 Å². The zero-order valence-electron chi connectivity index (χ0n) is 18.8. The van der Waals surface area contributed by atoms with E-state index in [0.29, 0.717) is 40.8 Å². The first-order chi connectivity index (χ1) is 14.8. The number of esters is 1.